The van der Waals surface area contributed by atoms with Crippen LogP contribution in [0.3, 0.4) is 0 Å². The van der Waals surface area contributed by atoms with Gasteiger partial charge in [0.2, 0.25) is 16.0 Å². The van der Waals surface area contributed by atoms with E-state index in [9.17, 15) is 0 Å². The molecule has 1 fully saturated rings. The van der Waals surface area contributed by atoms with Gasteiger partial charge in [-0.1, -0.05) is 32.1 Å². The molecule has 0 spiro atoms. The zero-order chi connectivity index (χ0) is 18.1. The summed E-state index contributed by atoms with van der Waals surface area (Å²) in [4.78, 5) is 9.85. The third kappa shape index (κ3) is 3.81. The fourth-order valence-corrected chi connectivity index (χ4v) is 3.49. The lowest BCUT2D eigenvalue weighted by Crippen LogP contribution is -2.16. The molecular weight excluding hydrogens is 350 g/mol. The van der Waals surface area contributed by atoms with Crippen LogP contribution in [0.1, 0.15) is 38.4 Å². The molecular formula is C18H23N5O2S. The molecule has 1 atom stereocenters. The largest absolute Gasteiger partial charge is 0.472 e. The Morgan fingerprint density at radius 3 is 3.04 bits per heavy atom. The topological polar surface area (TPSA) is 73.6 Å². The van der Waals surface area contributed by atoms with E-state index in [4.69, 9.17) is 9.47 Å². The van der Waals surface area contributed by atoms with Gasteiger partial charge >= 0.3 is 0 Å². The Labute approximate surface area is 156 Å². The molecule has 26 heavy (non-hydrogen) atoms. The molecule has 0 amide bonds. The molecule has 8 heteroatoms. The Morgan fingerprint density at radius 2 is 2.31 bits per heavy atom. The first-order valence-electron chi connectivity index (χ1n) is 8.77. The van der Waals surface area contributed by atoms with Crippen LogP contribution in [0.25, 0.3) is 4.96 Å². The minimum Gasteiger partial charge on any atom is -0.472 e. The van der Waals surface area contributed by atoms with E-state index in [0.717, 1.165) is 34.4 Å². The van der Waals surface area contributed by atoms with E-state index in [1.54, 1.807) is 17.5 Å². The van der Waals surface area contributed by atoms with E-state index in [-0.39, 0.29) is 11.5 Å². The molecule has 3 aromatic rings. The summed E-state index contributed by atoms with van der Waals surface area (Å²) in [5.41, 5.74) is 2.17. The van der Waals surface area contributed by atoms with Crippen molar-refractivity contribution in [2.24, 2.45) is 0 Å². The number of aromatic nitrogens is 4. The van der Waals surface area contributed by atoms with Crippen LogP contribution in [0, 0.1) is 0 Å². The molecule has 1 saturated heterocycles. The maximum absolute atomic E-state index is 5.86. The lowest BCUT2D eigenvalue weighted by atomic mass is 9.93. The Morgan fingerprint density at radius 1 is 1.42 bits per heavy atom. The molecule has 0 bridgehead atoms. The minimum atomic E-state index is 0.0266. The fraction of sp³-hybridized carbons (Fsp3) is 0.500. The van der Waals surface area contributed by atoms with Gasteiger partial charge in [0.1, 0.15) is 6.10 Å². The second kappa shape index (κ2) is 6.85. The minimum absolute atomic E-state index is 0.0266. The predicted octanol–water partition coefficient (Wildman–Crippen LogP) is 3.26. The molecule has 1 N–H and O–H groups in total. The third-order valence-corrected chi connectivity index (χ3v) is 5.11. The molecule has 0 radical (unpaired) electrons. The van der Waals surface area contributed by atoms with Crippen LogP contribution in [0.4, 0.5) is 5.13 Å². The smallest absolute Gasteiger partial charge is 0.214 e. The van der Waals surface area contributed by atoms with Gasteiger partial charge in [-0.15, -0.1) is 5.10 Å². The molecule has 0 aromatic carbocycles. The third-order valence-electron chi connectivity index (χ3n) is 4.23. The maximum atomic E-state index is 5.86. The monoisotopic (exact) mass is 373 g/mol. The summed E-state index contributed by atoms with van der Waals surface area (Å²) in [5.74, 6) is 0.642. The van der Waals surface area contributed by atoms with Crippen LogP contribution in [0.2, 0.25) is 0 Å². The molecule has 1 unspecified atom stereocenters. The number of hydrogen-bond donors (Lipinski definition) is 1. The fourth-order valence-electron chi connectivity index (χ4n) is 2.71. The quantitative estimate of drug-likeness (QED) is 0.740. The highest BCUT2D eigenvalue weighted by atomic mass is 32.1. The number of nitrogens with zero attached hydrogens (tertiary/aromatic N) is 4. The number of nitrogens with one attached hydrogen (secondary N) is 1. The number of fused-ring (bicyclic) bond motifs is 1. The lowest BCUT2D eigenvalue weighted by molar-refractivity contribution is 0.138. The summed E-state index contributed by atoms with van der Waals surface area (Å²) in [6.45, 7) is 8.51. The standard InChI is InChI=1S/C18H23N5O2S/c1-18(2,3)14-10-23-17(21-14)26-16(22-23)20-9-12-4-6-19-15(8-12)25-13-5-7-24-11-13/h4,6,8,10,13H,5,7,9,11H2,1-3H3,(H,20,22). The van der Waals surface area contributed by atoms with Crippen molar-refractivity contribution in [3.8, 4) is 5.88 Å². The van der Waals surface area contributed by atoms with E-state index in [2.05, 4.69) is 41.2 Å². The first-order chi connectivity index (χ1) is 12.5. The predicted molar refractivity (Wildman–Crippen MR) is 101 cm³/mol. The van der Waals surface area contributed by atoms with E-state index in [1.165, 1.54) is 0 Å². The normalized spacial score (nSPS) is 17.7. The average Bonchev–Trinajstić information content (AvgIpc) is 3.28. The summed E-state index contributed by atoms with van der Waals surface area (Å²) in [7, 11) is 0. The van der Waals surface area contributed by atoms with Crippen LogP contribution in [0.15, 0.2) is 24.5 Å². The molecule has 1 aliphatic heterocycles. The zero-order valence-electron chi connectivity index (χ0n) is 15.2. The van der Waals surface area contributed by atoms with Crippen LogP contribution in [0.5, 0.6) is 5.88 Å². The Hall–Kier alpha value is -2.19. The van der Waals surface area contributed by atoms with Gasteiger partial charge in [0.05, 0.1) is 25.1 Å². The molecule has 0 saturated carbocycles. The molecule has 4 rings (SSSR count). The Kier molecular flexibility index (Phi) is 4.54. The summed E-state index contributed by atoms with van der Waals surface area (Å²) in [5, 5.41) is 8.76. The van der Waals surface area contributed by atoms with Gasteiger partial charge in [-0.25, -0.2) is 14.5 Å². The number of hydrogen-bond acceptors (Lipinski definition) is 7. The Balaban J connectivity index is 1.40. The number of ether oxygens (including phenoxy) is 2. The van der Waals surface area contributed by atoms with E-state index in [0.29, 0.717) is 19.0 Å². The first-order valence-corrected chi connectivity index (χ1v) is 9.59. The first kappa shape index (κ1) is 17.2. The van der Waals surface area contributed by atoms with Gasteiger partial charge < -0.3 is 14.8 Å². The Bertz CT molecular complexity index is 861. The van der Waals surface area contributed by atoms with Crippen LogP contribution in [-0.2, 0) is 16.7 Å². The number of anilines is 1. The molecule has 1 aliphatic rings. The molecule has 3 aromatic heterocycles. The molecule has 4 heterocycles. The maximum Gasteiger partial charge on any atom is 0.214 e. The number of rotatable bonds is 5. The zero-order valence-corrected chi connectivity index (χ0v) is 16.0. The number of imidazole rings is 1. The van der Waals surface area contributed by atoms with E-state index >= 15 is 0 Å². The van der Waals surface area contributed by atoms with Gasteiger partial charge in [-0.05, 0) is 11.6 Å². The van der Waals surface area contributed by atoms with E-state index < -0.39 is 0 Å². The lowest BCUT2D eigenvalue weighted by Gasteiger charge is -2.13. The van der Waals surface area contributed by atoms with Gasteiger partial charge in [0, 0.05) is 30.6 Å². The summed E-state index contributed by atoms with van der Waals surface area (Å²) < 4.78 is 13.0. The van der Waals surface area contributed by atoms with Crippen molar-refractivity contribution in [1.82, 2.24) is 19.6 Å². The van der Waals surface area contributed by atoms with E-state index in [1.807, 2.05) is 22.8 Å². The summed E-state index contributed by atoms with van der Waals surface area (Å²) >= 11 is 1.55. The van der Waals surface area contributed by atoms with Gasteiger partial charge in [-0.3, -0.25) is 0 Å². The van der Waals surface area contributed by atoms with Crippen molar-refractivity contribution in [2.75, 3.05) is 18.5 Å². The van der Waals surface area contributed by atoms with Crippen LogP contribution >= 0.6 is 11.3 Å². The second-order valence-corrected chi connectivity index (χ2v) is 8.43. The van der Waals surface area contributed by atoms with Crippen LogP contribution < -0.4 is 10.1 Å². The van der Waals surface area contributed by atoms with Crippen molar-refractivity contribution < 1.29 is 9.47 Å². The number of pyridine rings is 1. The highest BCUT2D eigenvalue weighted by Crippen LogP contribution is 2.26. The van der Waals surface area contributed by atoms with Crippen molar-refractivity contribution in [1.29, 1.82) is 0 Å². The van der Waals surface area contributed by atoms with Gasteiger partial charge in [-0.2, -0.15) is 0 Å². The SMILES string of the molecule is CC(C)(C)c1cn2nc(NCc3ccnc(OC4CCOC4)c3)sc2n1. The molecule has 138 valence electrons. The summed E-state index contributed by atoms with van der Waals surface area (Å²) in [6, 6.07) is 3.93. The van der Waals surface area contributed by atoms with Gasteiger partial charge in [0.25, 0.3) is 0 Å². The van der Waals surface area contributed by atoms with Crippen molar-refractivity contribution in [2.45, 2.75) is 45.3 Å². The van der Waals surface area contributed by atoms with Crippen molar-refractivity contribution in [3.63, 3.8) is 0 Å². The second-order valence-electron chi connectivity index (χ2n) is 7.47. The average molecular weight is 373 g/mol. The highest BCUT2D eigenvalue weighted by molar-refractivity contribution is 7.20. The van der Waals surface area contributed by atoms with Gasteiger partial charge in [0.15, 0.2) is 0 Å². The summed E-state index contributed by atoms with van der Waals surface area (Å²) in [6.07, 6.45) is 4.79. The molecule has 0 aliphatic carbocycles. The van der Waals surface area contributed by atoms with Crippen LogP contribution in [-0.4, -0.2) is 38.9 Å². The van der Waals surface area contributed by atoms with Crippen molar-refractivity contribution in [3.05, 3.63) is 35.8 Å². The van der Waals surface area contributed by atoms with Crippen molar-refractivity contribution >= 4 is 21.4 Å². The highest BCUT2D eigenvalue weighted by Gasteiger charge is 2.20. The molecule has 7 nitrogen and oxygen atoms in total.